The topological polar surface area (TPSA) is 44.5 Å². The lowest BCUT2D eigenvalue weighted by atomic mass is 9.97. The molecule has 0 saturated heterocycles. The average Bonchev–Trinajstić information content (AvgIpc) is 2.47. The molecular weight excluding hydrogens is 276 g/mol. The van der Waals surface area contributed by atoms with Gasteiger partial charge < -0.3 is 15.2 Å². The maximum absolute atomic E-state index is 14.1. The van der Waals surface area contributed by atoms with E-state index < -0.39 is 17.7 Å². The van der Waals surface area contributed by atoms with Gasteiger partial charge in [-0.15, -0.1) is 0 Å². The van der Waals surface area contributed by atoms with E-state index in [1.807, 2.05) is 6.92 Å². The predicted molar refractivity (Wildman–Crippen MR) is 76.6 cm³/mol. The maximum Gasteiger partial charge on any atom is 0.134 e. The highest BCUT2D eigenvalue weighted by Crippen LogP contribution is 2.32. The van der Waals surface area contributed by atoms with Crippen molar-refractivity contribution in [2.24, 2.45) is 5.73 Å². The van der Waals surface area contributed by atoms with Gasteiger partial charge in [0.1, 0.15) is 23.1 Å². The fourth-order valence-electron chi connectivity index (χ4n) is 2.16. The molecular formula is C16H17F2NO2. The number of nitrogens with two attached hydrogens (primary N) is 1. The van der Waals surface area contributed by atoms with Crippen molar-refractivity contribution in [2.75, 3.05) is 13.7 Å². The number of ether oxygens (including phenoxy) is 2. The summed E-state index contributed by atoms with van der Waals surface area (Å²) in [6.45, 7) is 2.27. The summed E-state index contributed by atoms with van der Waals surface area (Å²) in [6, 6.07) is 8.21. The second-order valence-electron chi connectivity index (χ2n) is 4.45. The van der Waals surface area contributed by atoms with E-state index >= 15 is 0 Å². The van der Waals surface area contributed by atoms with Crippen molar-refractivity contribution < 1.29 is 18.3 Å². The molecule has 0 aliphatic carbocycles. The molecule has 0 spiro atoms. The van der Waals surface area contributed by atoms with Crippen LogP contribution in [0.2, 0.25) is 0 Å². The van der Waals surface area contributed by atoms with Gasteiger partial charge in [0.05, 0.1) is 19.8 Å². The van der Waals surface area contributed by atoms with E-state index in [0.717, 1.165) is 12.1 Å². The van der Waals surface area contributed by atoms with E-state index in [4.69, 9.17) is 15.2 Å². The summed E-state index contributed by atoms with van der Waals surface area (Å²) >= 11 is 0. The molecule has 0 saturated carbocycles. The van der Waals surface area contributed by atoms with Crippen molar-refractivity contribution in [2.45, 2.75) is 13.0 Å². The highest BCUT2D eigenvalue weighted by Gasteiger charge is 2.22. The van der Waals surface area contributed by atoms with Gasteiger partial charge in [-0.3, -0.25) is 0 Å². The smallest absolute Gasteiger partial charge is 0.134 e. The van der Waals surface area contributed by atoms with Gasteiger partial charge >= 0.3 is 0 Å². The minimum Gasteiger partial charge on any atom is -0.497 e. The molecule has 21 heavy (non-hydrogen) atoms. The zero-order valence-electron chi connectivity index (χ0n) is 11.9. The minimum absolute atomic E-state index is 0.110. The molecule has 0 heterocycles. The van der Waals surface area contributed by atoms with Gasteiger partial charge in [0.25, 0.3) is 0 Å². The van der Waals surface area contributed by atoms with Crippen LogP contribution in [0, 0.1) is 11.6 Å². The molecule has 0 fully saturated rings. The molecule has 2 aromatic carbocycles. The second-order valence-corrected chi connectivity index (χ2v) is 4.45. The minimum atomic E-state index is -0.960. The summed E-state index contributed by atoms with van der Waals surface area (Å²) in [6.07, 6.45) is 0. The summed E-state index contributed by atoms with van der Waals surface area (Å²) in [7, 11) is 1.35. The largest absolute Gasteiger partial charge is 0.497 e. The third-order valence-electron chi connectivity index (χ3n) is 3.15. The Kier molecular flexibility index (Phi) is 4.75. The van der Waals surface area contributed by atoms with Gasteiger partial charge in [0, 0.05) is 23.3 Å². The lowest BCUT2D eigenvalue weighted by Gasteiger charge is -2.18. The Morgan fingerprint density at radius 3 is 2.33 bits per heavy atom. The molecule has 0 aromatic heterocycles. The fourth-order valence-corrected chi connectivity index (χ4v) is 2.16. The molecule has 0 aliphatic rings. The normalized spacial score (nSPS) is 12.0. The molecule has 2 N–H and O–H groups in total. The van der Waals surface area contributed by atoms with Gasteiger partial charge in [-0.25, -0.2) is 8.78 Å². The first-order chi connectivity index (χ1) is 10.1. The van der Waals surface area contributed by atoms with Crippen molar-refractivity contribution in [1.82, 2.24) is 0 Å². The van der Waals surface area contributed by atoms with E-state index in [1.54, 1.807) is 24.3 Å². The third kappa shape index (κ3) is 3.13. The molecule has 5 heteroatoms. The van der Waals surface area contributed by atoms with Crippen LogP contribution in [-0.4, -0.2) is 13.7 Å². The van der Waals surface area contributed by atoms with Crippen LogP contribution < -0.4 is 15.2 Å². The third-order valence-corrected chi connectivity index (χ3v) is 3.15. The van der Waals surface area contributed by atoms with Crippen LogP contribution >= 0.6 is 0 Å². The van der Waals surface area contributed by atoms with Crippen LogP contribution in [0.25, 0.3) is 0 Å². The van der Waals surface area contributed by atoms with E-state index in [0.29, 0.717) is 17.9 Å². The summed E-state index contributed by atoms with van der Waals surface area (Å²) in [5, 5.41) is 0. The van der Waals surface area contributed by atoms with E-state index in [-0.39, 0.29) is 11.3 Å². The number of methoxy groups -OCH3 is 1. The van der Waals surface area contributed by atoms with Crippen molar-refractivity contribution >= 4 is 0 Å². The molecule has 0 radical (unpaired) electrons. The van der Waals surface area contributed by atoms with E-state index in [9.17, 15) is 8.78 Å². The molecule has 1 unspecified atom stereocenters. The summed E-state index contributed by atoms with van der Waals surface area (Å²) in [5.74, 6) is -0.863. The number of hydrogen-bond acceptors (Lipinski definition) is 3. The molecule has 2 rings (SSSR count). The zero-order chi connectivity index (χ0) is 15.4. The Morgan fingerprint density at radius 2 is 1.76 bits per heavy atom. The van der Waals surface area contributed by atoms with Gasteiger partial charge in [0.2, 0.25) is 0 Å². The van der Waals surface area contributed by atoms with Gasteiger partial charge in [-0.05, 0) is 13.0 Å². The van der Waals surface area contributed by atoms with Crippen LogP contribution in [0.5, 0.6) is 11.5 Å². The van der Waals surface area contributed by atoms with Crippen LogP contribution in [0.3, 0.4) is 0 Å². The summed E-state index contributed by atoms with van der Waals surface area (Å²) in [5.41, 5.74) is 6.36. The number of rotatable bonds is 5. The zero-order valence-corrected chi connectivity index (χ0v) is 11.9. The Hall–Kier alpha value is -2.14. The molecule has 1 atom stereocenters. The van der Waals surface area contributed by atoms with Crippen LogP contribution in [0.1, 0.15) is 24.1 Å². The van der Waals surface area contributed by atoms with E-state index in [1.165, 1.54) is 7.11 Å². The molecule has 2 aromatic rings. The molecule has 3 nitrogen and oxygen atoms in total. The van der Waals surface area contributed by atoms with Crippen LogP contribution in [-0.2, 0) is 0 Å². The lowest BCUT2D eigenvalue weighted by Crippen LogP contribution is -2.17. The van der Waals surface area contributed by atoms with Crippen LogP contribution in [0.4, 0.5) is 8.78 Å². The molecule has 0 amide bonds. The SMILES string of the molecule is CCOc1ccccc1C(N)c1c(F)cc(OC)cc1F. The van der Waals surface area contributed by atoms with Crippen molar-refractivity contribution in [1.29, 1.82) is 0 Å². The Labute approximate surface area is 122 Å². The number of hydrogen-bond donors (Lipinski definition) is 1. The van der Waals surface area contributed by atoms with Crippen molar-refractivity contribution in [3.8, 4) is 11.5 Å². The summed E-state index contributed by atoms with van der Waals surface area (Å²) < 4.78 is 38.5. The monoisotopic (exact) mass is 293 g/mol. The maximum atomic E-state index is 14.1. The van der Waals surface area contributed by atoms with Gasteiger partial charge in [-0.2, -0.15) is 0 Å². The quantitative estimate of drug-likeness (QED) is 0.918. The average molecular weight is 293 g/mol. The van der Waals surface area contributed by atoms with E-state index in [2.05, 4.69) is 0 Å². The molecule has 0 aliphatic heterocycles. The van der Waals surface area contributed by atoms with Gasteiger partial charge in [0.15, 0.2) is 0 Å². The molecule has 112 valence electrons. The van der Waals surface area contributed by atoms with Gasteiger partial charge in [-0.1, -0.05) is 18.2 Å². The Bertz CT molecular complexity index is 608. The number of benzene rings is 2. The standard InChI is InChI=1S/C16H17F2NO2/c1-3-21-14-7-5-4-6-11(14)16(19)15-12(17)8-10(20-2)9-13(15)18/h4-9,16H,3,19H2,1-2H3. The Balaban J connectivity index is 2.47. The number of para-hydroxylation sites is 1. The second kappa shape index (κ2) is 6.54. The first-order valence-corrected chi connectivity index (χ1v) is 6.58. The number of halogens is 2. The first kappa shape index (κ1) is 15.3. The van der Waals surface area contributed by atoms with Crippen LogP contribution in [0.15, 0.2) is 36.4 Å². The predicted octanol–water partition coefficient (Wildman–Crippen LogP) is 3.42. The van der Waals surface area contributed by atoms with Crippen molar-refractivity contribution in [3.05, 3.63) is 59.2 Å². The summed E-state index contributed by atoms with van der Waals surface area (Å²) in [4.78, 5) is 0. The Morgan fingerprint density at radius 1 is 1.14 bits per heavy atom. The lowest BCUT2D eigenvalue weighted by molar-refractivity contribution is 0.335. The fraction of sp³-hybridized carbons (Fsp3) is 0.250. The highest BCUT2D eigenvalue weighted by atomic mass is 19.1. The molecule has 0 bridgehead atoms. The highest BCUT2D eigenvalue weighted by molar-refractivity contribution is 5.43. The first-order valence-electron chi connectivity index (χ1n) is 6.58. The van der Waals surface area contributed by atoms with Crippen molar-refractivity contribution in [3.63, 3.8) is 0 Å².